The van der Waals surface area contributed by atoms with Gasteiger partial charge in [0.05, 0.1) is 6.33 Å². The Hall–Kier alpha value is -2.63. The van der Waals surface area contributed by atoms with Gasteiger partial charge in [0.2, 0.25) is 12.3 Å². The highest BCUT2D eigenvalue weighted by molar-refractivity contribution is 5.81. The number of carbonyl (C=O) groups is 2. The Morgan fingerprint density at radius 1 is 1.42 bits per heavy atom. The van der Waals surface area contributed by atoms with E-state index in [1.807, 2.05) is 35.2 Å². The lowest BCUT2D eigenvalue weighted by Gasteiger charge is -2.27. The molecule has 0 aliphatic carbocycles. The molecule has 126 valence electrons. The van der Waals surface area contributed by atoms with Crippen LogP contribution in [0.3, 0.4) is 0 Å². The van der Waals surface area contributed by atoms with Crippen LogP contribution in [0, 0.1) is 0 Å². The number of rotatable bonds is 6. The van der Waals surface area contributed by atoms with Gasteiger partial charge in [0.1, 0.15) is 6.04 Å². The minimum Gasteiger partial charge on any atom is -0.338 e. The number of carbonyl (C=O) groups excluding carboxylic acids is 2. The Labute approximate surface area is 141 Å². The Morgan fingerprint density at radius 2 is 2.21 bits per heavy atom. The molecule has 1 aliphatic rings. The van der Waals surface area contributed by atoms with Crippen LogP contribution < -0.4 is 5.32 Å². The summed E-state index contributed by atoms with van der Waals surface area (Å²) in [5.41, 5.74) is 1.10. The van der Waals surface area contributed by atoms with E-state index in [0.29, 0.717) is 18.6 Å². The summed E-state index contributed by atoms with van der Waals surface area (Å²) in [4.78, 5) is 29.8. The smallest absolute Gasteiger partial charge is 0.246 e. The van der Waals surface area contributed by atoms with Gasteiger partial charge in [-0.15, -0.1) is 0 Å². The molecule has 2 amide bonds. The molecule has 0 saturated carbocycles. The summed E-state index contributed by atoms with van der Waals surface area (Å²) in [5.74, 6) is 0.559. The molecule has 24 heavy (non-hydrogen) atoms. The number of hydrogen-bond acceptors (Lipinski definition) is 3. The highest BCUT2D eigenvalue weighted by Gasteiger charge is 2.31. The van der Waals surface area contributed by atoms with E-state index in [2.05, 4.69) is 17.2 Å². The second-order valence-electron chi connectivity index (χ2n) is 6.20. The van der Waals surface area contributed by atoms with Crippen molar-refractivity contribution in [1.82, 2.24) is 14.5 Å². The fraction of sp³-hybridized carbons (Fsp3) is 0.389. The molecule has 6 heteroatoms. The van der Waals surface area contributed by atoms with Crippen molar-refractivity contribution in [3.05, 3.63) is 48.4 Å². The molecule has 0 spiro atoms. The molecule has 2 aromatic rings. The summed E-state index contributed by atoms with van der Waals surface area (Å²) < 4.78 is 1.80. The number of nitrogens with one attached hydrogen (secondary N) is 1. The minimum absolute atomic E-state index is 0.110. The highest BCUT2D eigenvalue weighted by atomic mass is 16.2. The first-order chi connectivity index (χ1) is 11.7. The van der Waals surface area contributed by atoms with Crippen molar-refractivity contribution in [2.45, 2.75) is 38.3 Å². The maximum Gasteiger partial charge on any atom is 0.246 e. The third kappa shape index (κ3) is 3.48. The lowest BCUT2D eigenvalue weighted by molar-refractivity contribution is -0.135. The largest absolute Gasteiger partial charge is 0.338 e. The predicted molar refractivity (Wildman–Crippen MR) is 91.5 cm³/mol. The molecular weight excluding hydrogens is 304 g/mol. The van der Waals surface area contributed by atoms with Crippen LogP contribution >= 0.6 is 0 Å². The van der Waals surface area contributed by atoms with Crippen LogP contribution in [0.25, 0.3) is 0 Å². The van der Waals surface area contributed by atoms with Gasteiger partial charge in [-0.3, -0.25) is 9.59 Å². The van der Waals surface area contributed by atoms with Crippen molar-refractivity contribution in [1.29, 1.82) is 0 Å². The van der Waals surface area contributed by atoms with Crippen molar-refractivity contribution >= 4 is 18.1 Å². The van der Waals surface area contributed by atoms with Gasteiger partial charge in [-0.05, 0) is 25.3 Å². The first kappa shape index (κ1) is 16.2. The van der Waals surface area contributed by atoms with Crippen molar-refractivity contribution < 1.29 is 9.59 Å². The van der Waals surface area contributed by atoms with Crippen LogP contribution in [0.4, 0.5) is 5.82 Å². The monoisotopic (exact) mass is 326 g/mol. The third-order valence-electron chi connectivity index (χ3n) is 4.56. The summed E-state index contributed by atoms with van der Waals surface area (Å²) in [5, 5.41) is 2.53. The topological polar surface area (TPSA) is 67.2 Å². The normalized spacial score (nSPS) is 18.4. The molecule has 2 heterocycles. The zero-order chi connectivity index (χ0) is 16.9. The number of hydrogen-bond donors (Lipinski definition) is 1. The zero-order valence-electron chi connectivity index (χ0n) is 13.8. The predicted octanol–water partition coefficient (Wildman–Crippen LogP) is 2.25. The standard InChI is InChI=1S/C18H22N4O2/c1-14-6-5-9-22(14)18(24)16(10-15-7-3-2-4-8-15)21-11-17(19-12-21)20-13-23/h2-4,7-8,11-14,16H,5-6,9-10H2,1H3,(H,20,23)/t14-,16?/m1/s1. The summed E-state index contributed by atoms with van der Waals surface area (Å²) in [7, 11) is 0. The van der Waals surface area contributed by atoms with Gasteiger partial charge in [-0.25, -0.2) is 4.98 Å². The number of likely N-dealkylation sites (tertiary alicyclic amines) is 1. The first-order valence-electron chi connectivity index (χ1n) is 8.27. The Kier molecular flexibility index (Phi) is 4.93. The molecule has 0 radical (unpaired) electrons. The quantitative estimate of drug-likeness (QED) is 0.828. The molecule has 6 nitrogen and oxygen atoms in total. The number of amides is 2. The van der Waals surface area contributed by atoms with E-state index in [9.17, 15) is 9.59 Å². The van der Waals surface area contributed by atoms with E-state index in [4.69, 9.17) is 0 Å². The first-order valence-corrected chi connectivity index (χ1v) is 8.27. The van der Waals surface area contributed by atoms with Gasteiger partial charge in [-0.2, -0.15) is 0 Å². The minimum atomic E-state index is -0.359. The van der Waals surface area contributed by atoms with Crippen LogP contribution in [0.15, 0.2) is 42.9 Å². The van der Waals surface area contributed by atoms with E-state index in [-0.39, 0.29) is 18.0 Å². The van der Waals surface area contributed by atoms with Gasteiger partial charge >= 0.3 is 0 Å². The van der Waals surface area contributed by atoms with Crippen LogP contribution in [0.2, 0.25) is 0 Å². The summed E-state index contributed by atoms with van der Waals surface area (Å²) in [6.07, 6.45) is 6.60. The second kappa shape index (κ2) is 7.29. The number of anilines is 1. The summed E-state index contributed by atoms with van der Waals surface area (Å²) in [6.45, 7) is 2.90. The molecule has 1 fully saturated rings. The number of imidazole rings is 1. The zero-order valence-corrected chi connectivity index (χ0v) is 13.8. The molecule has 1 aromatic heterocycles. The maximum atomic E-state index is 13.1. The molecule has 1 N–H and O–H groups in total. The van der Waals surface area contributed by atoms with Crippen LogP contribution in [0.1, 0.15) is 31.4 Å². The van der Waals surface area contributed by atoms with E-state index < -0.39 is 0 Å². The van der Waals surface area contributed by atoms with Gasteiger partial charge < -0.3 is 14.8 Å². The average Bonchev–Trinajstić information content (AvgIpc) is 3.22. The fourth-order valence-electron chi connectivity index (χ4n) is 3.25. The van der Waals surface area contributed by atoms with Gasteiger partial charge in [0.15, 0.2) is 5.82 Å². The second-order valence-corrected chi connectivity index (χ2v) is 6.20. The average molecular weight is 326 g/mol. The van der Waals surface area contributed by atoms with Crippen LogP contribution in [0.5, 0.6) is 0 Å². The van der Waals surface area contributed by atoms with Gasteiger partial charge in [0, 0.05) is 25.2 Å². The molecule has 0 bridgehead atoms. The van der Waals surface area contributed by atoms with Crippen molar-refractivity contribution in [2.24, 2.45) is 0 Å². The van der Waals surface area contributed by atoms with Crippen molar-refractivity contribution in [3.63, 3.8) is 0 Å². The number of benzene rings is 1. The third-order valence-corrected chi connectivity index (χ3v) is 4.56. The maximum absolute atomic E-state index is 13.1. The molecule has 1 saturated heterocycles. The van der Waals surface area contributed by atoms with Crippen molar-refractivity contribution in [3.8, 4) is 0 Å². The Bertz CT molecular complexity index is 698. The van der Waals surface area contributed by atoms with E-state index in [1.54, 1.807) is 17.1 Å². The Balaban J connectivity index is 1.87. The molecule has 3 rings (SSSR count). The number of nitrogens with zero attached hydrogens (tertiary/aromatic N) is 3. The van der Waals surface area contributed by atoms with Gasteiger partial charge in [-0.1, -0.05) is 30.3 Å². The lowest BCUT2D eigenvalue weighted by Crippen LogP contribution is -2.39. The van der Waals surface area contributed by atoms with E-state index >= 15 is 0 Å². The van der Waals surface area contributed by atoms with Crippen LogP contribution in [-0.4, -0.2) is 39.4 Å². The molecule has 1 aliphatic heterocycles. The summed E-state index contributed by atoms with van der Waals surface area (Å²) in [6, 6.07) is 9.87. The SMILES string of the molecule is C[C@@H]1CCCN1C(=O)C(Cc1ccccc1)n1cnc(NC=O)c1. The van der Waals surface area contributed by atoms with E-state index in [0.717, 1.165) is 24.9 Å². The Morgan fingerprint density at radius 3 is 2.88 bits per heavy atom. The molecular formula is C18H22N4O2. The van der Waals surface area contributed by atoms with Crippen LogP contribution in [-0.2, 0) is 16.0 Å². The molecule has 2 atom stereocenters. The highest BCUT2D eigenvalue weighted by Crippen LogP contribution is 2.24. The fourth-order valence-corrected chi connectivity index (χ4v) is 3.25. The summed E-state index contributed by atoms with van der Waals surface area (Å²) >= 11 is 0. The lowest BCUT2D eigenvalue weighted by atomic mass is 10.0. The van der Waals surface area contributed by atoms with Gasteiger partial charge in [0.25, 0.3) is 0 Å². The molecule has 1 aromatic carbocycles. The molecule has 1 unspecified atom stereocenters. The van der Waals surface area contributed by atoms with E-state index in [1.165, 1.54) is 0 Å². The van der Waals surface area contributed by atoms with Crippen molar-refractivity contribution in [2.75, 3.05) is 11.9 Å². The number of aromatic nitrogens is 2.